The summed E-state index contributed by atoms with van der Waals surface area (Å²) in [5.74, 6) is 0.169. The van der Waals surface area contributed by atoms with Crippen molar-refractivity contribution in [3.05, 3.63) is 0 Å². The van der Waals surface area contributed by atoms with Crippen molar-refractivity contribution in [1.29, 1.82) is 0 Å². The first-order valence-electron chi connectivity index (χ1n) is 9.14. The third kappa shape index (κ3) is 6.02. The molecular weight excluding hydrogens is 308 g/mol. The third-order valence-corrected chi connectivity index (χ3v) is 4.87. The average Bonchev–Trinajstić information content (AvgIpc) is 2.59. The standard InChI is InChI=1S/C17H30N4O3/c1-14(22)20-10-12-21(13-11-20)16(23)8-5-9-18-17(24)19-15-6-3-2-4-7-15/h15H,2-13H2,1H3,(H2,18,19,24). The van der Waals surface area contributed by atoms with Crippen molar-refractivity contribution in [2.75, 3.05) is 32.7 Å². The fourth-order valence-electron chi connectivity index (χ4n) is 3.35. The molecule has 7 heteroatoms. The van der Waals surface area contributed by atoms with E-state index in [1.54, 1.807) is 11.8 Å². The van der Waals surface area contributed by atoms with E-state index in [1.807, 2.05) is 4.90 Å². The summed E-state index contributed by atoms with van der Waals surface area (Å²) in [6.07, 6.45) is 6.86. The summed E-state index contributed by atoms with van der Waals surface area (Å²) >= 11 is 0. The van der Waals surface area contributed by atoms with Crippen LogP contribution in [0.25, 0.3) is 0 Å². The predicted octanol–water partition coefficient (Wildman–Crippen LogP) is 1.09. The van der Waals surface area contributed by atoms with Crippen LogP contribution in [0.1, 0.15) is 51.9 Å². The Hall–Kier alpha value is -1.79. The van der Waals surface area contributed by atoms with Crippen LogP contribution in [0.5, 0.6) is 0 Å². The van der Waals surface area contributed by atoms with Gasteiger partial charge in [-0.15, -0.1) is 0 Å². The van der Waals surface area contributed by atoms with E-state index in [2.05, 4.69) is 10.6 Å². The van der Waals surface area contributed by atoms with Crippen LogP contribution < -0.4 is 10.6 Å². The number of amides is 4. The number of hydrogen-bond acceptors (Lipinski definition) is 3. The molecule has 24 heavy (non-hydrogen) atoms. The zero-order valence-corrected chi connectivity index (χ0v) is 14.7. The SMILES string of the molecule is CC(=O)N1CCN(C(=O)CCCNC(=O)NC2CCCCC2)CC1. The zero-order chi connectivity index (χ0) is 17.4. The maximum atomic E-state index is 12.1. The molecule has 4 amide bonds. The Kier molecular flexibility index (Phi) is 7.34. The molecule has 2 aliphatic rings. The minimum Gasteiger partial charge on any atom is -0.339 e. The molecule has 0 aromatic carbocycles. The van der Waals surface area contributed by atoms with Crippen LogP contribution in [-0.2, 0) is 9.59 Å². The molecule has 0 radical (unpaired) electrons. The molecule has 1 aliphatic carbocycles. The molecule has 1 saturated heterocycles. The van der Waals surface area contributed by atoms with Crippen LogP contribution >= 0.6 is 0 Å². The van der Waals surface area contributed by atoms with Gasteiger partial charge in [0.2, 0.25) is 11.8 Å². The molecule has 1 saturated carbocycles. The number of hydrogen-bond donors (Lipinski definition) is 2. The Labute approximate surface area is 144 Å². The highest BCUT2D eigenvalue weighted by atomic mass is 16.2. The van der Waals surface area contributed by atoms with Crippen LogP contribution in [0.4, 0.5) is 4.79 Å². The lowest BCUT2D eigenvalue weighted by Gasteiger charge is -2.34. The van der Waals surface area contributed by atoms with Gasteiger partial charge in [-0.05, 0) is 19.3 Å². The van der Waals surface area contributed by atoms with E-state index < -0.39 is 0 Å². The van der Waals surface area contributed by atoms with Crippen molar-refractivity contribution in [1.82, 2.24) is 20.4 Å². The summed E-state index contributed by atoms with van der Waals surface area (Å²) < 4.78 is 0. The van der Waals surface area contributed by atoms with Gasteiger partial charge in [0.05, 0.1) is 0 Å². The van der Waals surface area contributed by atoms with Crippen molar-refractivity contribution in [2.24, 2.45) is 0 Å². The summed E-state index contributed by atoms with van der Waals surface area (Å²) in [4.78, 5) is 38.8. The molecule has 1 heterocycles. The van der Waals surface area contributed by atoms with E-state index in [4.69, 9.17) is 0 Å². The lowest BCUT2D eigenvalue weighted by atomic mass is 9.96. The number of carbonyl (C=O) groups excluding carboxylic acids is 3. The van der Waals surface area contributed by atoms with Gasteiger partial charge in [-0.25, -0.2) is 4.79 Å². The van der Waals surface area contributed by atoms with Gasteiger partial charge in [0.15, 0.2) is 0 Å². The van der Waals surface area contributed by atoms with E-state index in [-0.39, 0.29) is 17.8 Å². The Morgan fingerprint density at radius 2 is 1.58 bits per heavy atom. The fourth-order valence-corrected chi connectivity index (χ4v) is 3.35. The highest BCUT2D eigenvalue weighted by molar-refractivity contribution is 5.77. The maximum Gasteiger partial charge on any atom is 0.315 e. The Bertz CT molecular complexity index is 441. The number of carbonyl (C=O) groups is 3. The van der Waals surface area contributed by atoms with Crippen LogP contribution in [0.3, 0.4) is 0 Å². The minimum absolute atomic E-state index is 0.0651. The molecule has 1 aliphatic heterocycles. The van der Waals surface area contributed by atoms with Gasteiger partial charge in [-0.3, -0.25) is 9.59 Å². The number of nitrogens with zero attached hydrogens (tertiary/aromatic N) is 2. The zero-order valence-electron chi connectivity index (χ0n) is 14.7. The lowest BCUT2D eigenvalue weighted by molar-refractivity contribution is -0.138. The first-order valence-corrected chi connectivity index (χ1v) is 9.14. The van der Waals surface area contributed by atoms with E-state index in [0.29, 0.717) is 51.6 Å². The summed E-state index contributed by atoms with van der Waals surface area (Å²) in [5, 5.41) is 5.84. The molecule has 7 nitrogen and oxygen atoms in total. The van der Waals surface area contributed by atoms with Crippen molar-refractivity contribution in [3.63, 3.8) is 0 Å². The second kappa shape index (κ2) is 9.49. The van der Waals surface area contributed by atoms with Crippen LogP contribution in [-0.4, -0.2) is 66.4 Å². The molecule has 2 fully saturated rings. The van der Waals surface area contributed by atoms with Gasteiger partial charge in [-0.1, -0.05) is 19.3 Å². The number of nitrogens with one attached hydrogen (secondary N) is 2. The summed E-state index contributed by atoms with van der Waals surface area (Å²) in [5.41, 5.74) is 0. The van der Waals surface area contributed by atoms with Gasteiger partial charge in [0, 0.05) is 52.1 Å². The van der Waals surface area contributed by atoms with Gasteiger partial charge in [0.1, 0.15) is 0 Å². The fraction of sp³-hybridized carbons (Fsp3) is 0.824. The predicted molar refractivity (Wildman–Crippen MR) is 91.5 cm³/mol. The van der Waals surface area contributed by atoms with Crippen molar-refractivity contribution in [3.8, 4) is 0 Å². The topological polar surface area (TPSA) is 81.8 Å². The number of urea groups is 1. The van der Waals surface area contributed by atoms with Gasteiger partial charge in [-0.2, -0.15) is 0 Å². The van der Waals surface area contributed by atoms with Gasteiger partial charge in [0.25, 0.3) is 0 Å². The molecule has 2 N–H and O–H groups in total. The Morgan fingerprint density at radius 3 is 2.21 bits per heavy atom. The molecular formula is C17H30N4O3. The van der Waals surface area contributed by atoms with Gasteiger partial charge < -0.3 is 20.4 Å². The first-order chi connectivity index (χ1) is 11.6. The monoisotopic (exact) mass is 338 g/mol. The molecule has 0 unspecified atom stereocenters. The highest BCUT2D eigenvalue weighted by Gasteiger charge is 2.22. The number of rotatable bonds is 5. The third-order valence-electron chi connectivity index (χ3n) is 4.87. The molecule has 0 aromatic rings. The van der Waals surface area contributed by atoms with Crippen molar-refractivity contribution < 1.29 is 14.4 Å². The first kappa shape index (κ1) is 18.5. The lowest BCUT2D eigenvalue weighted by Crippen LogP contribution is -2.50. The number of piperazine rings is 1. The normalized spacial score (nSPS) is 19.0. The van der Waals surface area contributed by atoms with Gasteiger partial charge >= 0.3 is 6.03 Å². The molecule has 0 spiro atoms. The van der Waals surface area contributed by atoms with Crippen LogP contribution in [0.2, 0.25) is 0 Å². The average molecular weight is 338 g/mol. The van der Waals surface area contributed by atoms with E-state index in [1.165, 1.54) is 19.3 Å². The Balaban J connectivity index is 1.54. The quantitative estimate of drug-likeness (QED) is 0.736. The van der Waals surface area contributed by atoms with E-state index in [0.717, 1.165) is 12.8 Å². The second-order valence-corrected chi connectivity index (χ2v) is 6.73. The van der Waals surface area contributed by atoms with E-state index >= 15 is 0 Å². The van der Waals surface area contributed by atoms with Crippen LogP contribution in [0.15, 0.2) is 0 Å². The largest absolute Gasteiger partial charge is 0.339 e. The molecule has 136 valence electrons. The summed E-state index contributed by atoms with van der Waals surface area (Å²) in [6, 6.07) is 0.183. The summed E-state index contributed by atoms with van der Waals surface area (Å²) in [6.45, 7) is 4.51. The Morgan fingerprint density at radius 1 is 0.958 bits per heavy atom. The van der Waals surface area contributed by atoms with Crippen molar-refractivity contribution >= 4 is 17.8 Å². The molecule has 0 atom stereocenters. The molecule has 2 rings (SSSR count). The maximum absolute atomic E-state index is 12.1. The van der Waals surface area contributed by atoms with Crippen molar-refractivity contribution in [2.45, 2.75) is 57.9 Å². The minimum atomic E-state index is -0.121. The van der Waals surface area contributed by atoms with Crippen LogP contribution in [0, 0.1) is 0 Å². The smallest absolute Gasteiger partial charge is 0.315 e. The molecule has 0 bridgehead atoms. The summed E-state index contributed by atoms with van der Waals surface area (Å²) in [7, 11) is 0. The van der Waals surface area contributed by atoms with E-state index in [9.17, 15) is 14.4 Å². The second-order valence-electron chi connectivity index (χ2n) is 6.73. The highest BCUT2D eigenvalue weighted by Crippen LogP contribution is 2.17. The molecule has 0 aromatic heterocycles.